The van der Waals surface area contributed by atoms with Gasteiger partial charge in [0.1, 0.15) is 0 Å². The molecule has 3 N–H and O–H groups in total. The van der Waals surface area contributed by atoms with Gasteiger partial charge in [0.25, 0.3) is 0 Å². The number of amides is 2. The van der Waals surface area contributed by atoms with Crippen molar-refractivity contribution in [3.63, 3.8) is 0 Å². The highest BCUT2D eigenvalue weighted by atomic mass is 16.4. The van der Waals surface area contributed by atoms with Gasteiger partial charge >= 0.3 is 12.0 Å². The van der Waals surface area contributed by atoms with Gasteiger partial charge in [-0.3, -0.25) is 0 Å². The van der Waals surface area contributed by atoms with Crippen molar-refractivity contribution in [2.45, 2.75) is 6.54 Å². The molecule has 0 saturated heterocycles. The number of carbonyl (C=O) groups excluding carboxylic acids is 1. The van der Waals surface area contributed by atoms with Gasteiger partial charge in [0, 0.05) is 32.4 Å². The molecule has 1 heterocycles. The van der Waals surface area contributed by atoms with Crippen LogP contribution in [0.5, 0.6) is 0 Å². The number of urea groups is 1. The number of carbonyl (C=O) groups is 2. The van der Waals surface area contributed by atoms with Gasteiger partial charge in [-0.2, -0.15) is 0 Å². The second-order valence-electron chi connectivity index (χ2n) is 3.99. The minimum Gasteiger partial charge on any atom is -0.476 e. The van der Waals surface area contributed by atoms with Gasteiger partial charge in [0.15, 0.2) is 5.69 Å². The van der Waals surface area contributed by atoms with Crippen LogP contribution in [0.2, 0.25) is 0 Å². The van der Waals surface area contributed by atoms with E-state index in [1.54, 1.807) is 10.6 Å². The number of rotatable bonds is 8. The monoisotopic (exact) mass is 282 g/mol. The molecule has 0 atom stereocenters. The molecular formula is C12H18N4O4. The fourth-order valence-corrected chi connectivity index (χ4v) is 1.55. The Morgan fingerprint density at radius 1 is 1.55 bits per heavy atom. The summed E-state index contributed by atoms with van der Waals surface area (Å²) in [4.78, 5) is 27.5. The number of nitrogens with zero attached hydrogens (tertiary/aromatic N) is 3. The molecule has 2 amide bonds. The number of carboxylic acid groups (broad SMARTS) is 1. The molecule has 8 heteroatoms. The van der Waals surface area contributed by atoms with Crippen molar-refractivity contribution in [1.82, 2.24) is 19.8 Å². The molecule has 0 bridgehead atoms. The quantitative estimate of drug-likeness (QED) is 0.571. The fourth-order valence-electron chi connectivity index (χ4n) is 1.55. The molecule has 0 fully saturated rings. The van der Waals surface area contributed by atoms with Gasteiger partial charge in [-0.25, -0.2) is 14.6 Å². The summed E-state index contributed by atoms with van der Waals surface area (Å²) in [5.74, 6) is -1.09. The number of aliphatic hydroxyl groups is 1. The van der Waals surface area contributed by atoms with E-state index in [-0.39, 0.29) is 24.9 Å². The maximum Gasteiger partial charge on any atom is 0.356 e. The van der Waals surface area contributed by atoms with E-state index < -0.39 is 5.97 Å². The average Bonchev–Trinajstić information content (AvgIpc) is 2.87. The first-order valence-electron chi connectivity index (χ1n) is 6.08. The Morgan fingerprint density at radius 3 is 2.85 bits per heavy atom. The molecular weight excluding hydrogens is 264 g/mol. The molecule has 0 aliphatic carbocycles. The SMILES string of the molecule is C=CCN(CCO)C(=O)NCCn1cnc(C(=O)O)c1. The number of hydrogen-bond acceptors (Lipinski definition) is 4. The van der Waals surface area contributed by atoms with Crippen LogP contribution in [0.1, 0.15) is 10.5 Å². The van der Waals surface area contributed by atoms with Crippen molar-refractivity contribution >= 4 is 12.0 Å². The highest BCUT2D eigenvalue weighted by molar-refractivity contribution is 5.84. The number of aromatic nitrogens is 2. The largest absolute Gasteiger partial charge is 0.476 e. The highest BCUT2D eigenvalue weighted by Gasteiger charge is 2.11. The van der Waals surface area contributed by atoms with Gasteiger partial charge in [-0.15, -0.1) is 6.58 Å². The van der Waals surface area contributed by atoms with E-state index in [1.807, 2.05) is 0 Å². The average molecular weight is 282 g/mol. The molecule has 0 saturated carbocycles. The van der Waals surface area contributed by atoms with Crippen LogP contribution < -0.4 is 5.32 Å². The maximum absolute atomic E-state index is 11.8. The van der Waals surface area contributed by atoms with Gasteiger partial charge in [0.2, 0.25) is 0 Å². The third-order valence-electron chi connectivity index (χ3n) is 2.51. The Hall–Kier alpha value is -2.35. The number of carboxylic acids is 1. The normalized spacial score (nSPS) is 10.1. The number of aliphatic hydroxyl groups excluding tert-OH is 1. The predicted molar refractivity (Wildman–Crippen MR) is 71.4 cm³/mol. The summed E-state index contributed by atoms with van der Waals surface area (Å²) in [5.41, 5.74) is -0.0371. The molecule has 0 radical (unpaired) electrons. The second kappa shape index (κ2) is 7.95. The molecule has 0 aromatic carbocycles. The Morgan fingerprint density at radius 2 is 2.30 bits per heavy atom. The van der Waals surface area contributed by atoms with Crippen LogP contribution in [0.4, 0.5) is 4.79 Å². The summed E-state index contributed by atoms with van der Waals surface area (Å²) in [6.45, 7) is 4.73. The molecule has 1 rings (SSSR count). The number of nitrogens with one attached hydrogen (secondary N) is 1. The lowest BCUT2D eigenvalue weighted by Crippen LogP contribution is -2.42. The van der Waals surface area contributed by atoms with Crippen LogP contribution in [0.15, 0.2) is 25.2 Å². The summed E-state index contributed by atoms with van der Waals surface area (Å²) in [6.07, 6.45) is 4.36. The van der Waals surface area contributed by atoms with Gasteiger partial charge in [0.05, 0.1) is 12.9 Å². The van der Waals surface area contributed by atoms with E-state index in [4.69, 9.17) is 10.2 Å². The second-order valence-corrected chi connectivity index (χ2v) is 3.99. The lowest BCUT2D eigenvalue weighted by atomic mass is 10.4. The molecule has 0 aliphatic rings. The van der Waals surface area contributed by atoms with Crippen molar-refractivity contribution < 1.29 is 19.8 Å². The van der Waals surface area contributed by atoms with E-state index in [1.165, 1.54) is 17.4 Å². The maximum atomic E-state index is 11.8. The highest BCUT2D eigenvalue weighted by Crippen LogP contribution is 1.96. The molecule has 1 aromatic heterocycles. The van der Waals surface area contributed by atoms with Crippen molar-refractivity contribution in [3.05, 3.63) is 30.9 Å². The molecule has 8 nitrogen and oxygen atoms in total. The Bertz CT molecular complexity index is 472. The lowest BCUT2D eigenvalue weighted by Gasteiger charge is -2.20. The minimum absolute atomic E-state index is 0.0371. The molecule has 0 aliphatic heterocycles. The summed E-state index contributed by atoms with van der Waals surface area (Å²) >= 11 is 0. The minimum atomic E-state index is -1.09. The Balaban J connectivity index is 2.39. The molecule has 20 heavy (non-hydrogen) atoms. The van der Waals surface area contributed by atoms with Crippen LogP contribution in [0.3, 0.4) is 0 Å². The topological polar surface area (TPSA) is 108 Å². The van der Waals surface area contributed by atoms with Crippen molar-refractivity contribution in [2.75, 3.05) is 26.2 Å². The van der Waals surface area contributed by atoms with E-state index in [2.05, 4.69) is 16.9 Å². The van der Waals surface area contributed by atoms with E-state index in [0.29, 0.717) is 19.6 Å². The van der Waals surface area contributed by atoms with Crippen LogP contribution >= 0.6 is 0 Å². The first-order chi connectivity index (χ1) is 9.58. The number of hydrogen-bond donors (Lipinski definition) is 3. The first kappa shape index (κ1) is 15.7. The summed E-state index contributed by atoms with van der Waals surface area (Å²) in [5, 5.41) is 20.2. The fraction of sp³-hybridized carbons (Fsp3) is 0.417. The van der Waals surface area contributed by atoms with Crippen molar-refractivity contribution in [1.29, 1.82) is 0 Å². The molecule has 110 valence electrons. The van der Waals surface area contributed by atoms with Crippen LogP contribution in [-0.2, 0) is 6.54 Å². The molecule has 0 unspecified atom stereocenters. The number of imidazole rings is 1. The van der Waals surface area contributed by atoms with E-state index in [9.17, 15) is 9.59 Å². The Kier molecular flexibility index (Phi) is 6.24. The van der Waals surface area contributed by atoms with Gasteiger partial charge in [-0.1, -0.05) is 6.08 Å². The van der Waals surface area contributed by atoms with Crippen molar-refractivity contribution in [2.24, 2.45) is 0 Å². The zero-order valence-electron chi connectivity index (χ0n) is 11.0. The lowest BCUT2D eigenvalue weighted by molar-refractivity contribution is 0.0691. The summed E-state index contributed by atoms with van der Waals surface area (Å²) < 4.78 is 1.58. The summed E-state index contributed by atoms with van der Waals surface area (Å²) in [7, 11) is 0. The van der Waals surface area contributed by atoms with E-state index >= 15 is 0 Å². The van der Waals surface area contributed by atoms with Crippen LogP contribution in [-0.4, -0.2) is 62.9 Å². The summed E-state index contributed by atoms with van der Waals surface area (Å²) in [6, 6.07) is -0.308. The predicted octanol–water partition coefficient (Wildman–Crippen LogP) is -0.229. The van der Waals surface area contributed by atoms with E-state index in [0.717, 1.165) is 0 Å². The standard InChI is InChI=1S/C12H18N4O4/c1-2-4-16(6-7-17)12(20)13-3-5-15-8-10(11(18)19)14-9-15/h2,8-9,17H,1,3-7H2,(H,13,20)(H,18,19). The van der Waals surface area contributed by atoms with Crippen molar-refractivity contribution in [3.8, 4) is 0 Å². The van der Waals surface area contributed by atoms with Gasteiger partial charge in [-0.05, 0) is 0 Å². The zero-order chi connectivity index (χ0) is 15.0. The zero-order valence-corrected chi connectivity index (χ0v) is 11.0. The smallest absolute Gasteiger partial charge is 0.356 e. The third kappa shape index (κ3) is 4.73. The van der Waals surface area contributed by atoms with Crippen LogP contribution in [0, 0.1) is 0 Å². The number of aromatic carboxylic acids is 1. The molecule has 1 aromatic rings. The Labute approximate surface area is 116 Å². The van der Waals surface area contributed by atoms with Crippen LogP contribution in [0.25, 0.3) is 0 Å². The first-order valence-corrected chi connectivity index (χ1v) is 6.08. The van der Waals surface area contributed by atoms with Gasteiger partial charge < -0.3 is 25.0 Å². The molecule has 0 spiro atoms. The third-order valence-corrected chi connectivity index (χ3v) is 2.51.